The Labute approximate surface area is 123 Å². The van der Waals surface area contributed by atoms with Crippen molar-refractivity contribution in [1.82, 2.24) is 5.32 Å². The second-order valence-electron chi connectivity index (χ2n) is 5.71. The summed E-state index contributed by atoms with van der Waals surface area (Å²) in [5.74, 6) is 0.976. The van der Waals surface area contributed by atoms with Crippen molar-refractivity contribution in [2.24, 2.45) is 0 Å². The van der Waals surface area contributed by atoms with Crippen LogP contribution in [0.15, 0.2) is 30.3 Å². The fourth-order valence-electron chi connectivity index (χ4n) is 2.80. The molecule has 0 aliphatic heterocycles. The van der Waals surface area contributed by atoms with Gasteiger partial charge in [0.2, 0.25) is 0 Å². The van der Waals surface area contributed by atoms with Gasteiger partial charge in [-0.25, -0.2) is 0 Å². The summed E-state index contributed by atoms with van der Waals surface area (Å²) in [4.78, 5) is 0. The Kier molecular flexibility index (Phi) is 6.13. The van der Waals surface area contributed by atoms with Crippen molar-refractivity contribution in [2.45, 2.75) is 58.1 Å². The number of nitrogens with one attached hydrogen (secondary N) is 1. The lowest BCUT2D eigenvalue weighted by Crippen LogP contribution is -2.37. The van der Waals surface area contributed by atoms with E-state index in [1.54, 1.807) is 0 Å². The van der Waals surface area contributed by atoms with Crippen LogP contribution in [-0.4, -0.2) is 18.7 Å². The lowest BCUT2D eigenvalue weighted by Gasteiger charge is -2.25. The summed E-state index contributed by atoms with van der Waals surface area (Å²) < 4.78 is 6.08. The van der Waals surface area contributed by atoms with Crippen molar-refractivity contribution in [1.29, 1.82) is 0 Å². The number of para-hydroxylation sites is 1. The summed E-state index contributed by atoms with van der Waals surface area (Å²) in [6, 6.07) is 8.92. The topological polar surface area (TPSA) is 21.3 Å². The van der Waals surface area contributed by atoms with Gasteiger partial charge in [-0.2, -0.15) is 0 Å². The predicted octanol–water partition coefficient (Wildman–Crippen LogP) is 4.41. The van der Waals surface area contributed by atoms with E-state index in [1.807, 2.05) is 31.2 Å². The van der Waals surface area contributed by atoms with Crippen molar-refractivity contribution in [2.75, 3.05) is 6.54 Å². The summed E-state index contributed by atoms with van der Waals surface area (Å²) >= 11 is 0. The average Bonchev–Trinajstić information content (AvgIpc) is 2.49. The van der Waals surface area contributed by atoms with E-state index in [0.29, 0.717) is 6.04 Å². The van der Waals surface area contributed by atoms with Crippen molar-refractivity contribution < 1.29 is 4.74 Å². The highest BCUT2D eigenvalue weighted by Gasteiger charge is 2.14. The molecule has 1 aromatic carbocycles. The molecular weight excluding hydrogens is 246 g/mol. The molecule has 0 saturated heterocycles. The van der Waals surface area contributed by atoms with E-state index in [-0.39, 0.29) is 6.10 Å². The first-order valence-corrected chi connectivity index (χ1v) is 7.91. The fourth-order valence-corrected chi connectivity index (χ4v) is 2.80. The van der Waals surface area contributed by atoms with Crippen LogP contribution in [0.3, 0.4) is 0 Å². The van der Waals surface area contributed by atoms with Gasteiger partial charge in [0.25, 0.3) is 0 Å². The van der Waals surface area contributed by atoms with Crippen molar-refractivity contribution >= 4 is 6.08 Å². The van der Waals surface area contributed by atoms with Crippen molar-refractivity contribution in [3.05, 3.63) is 35.9 Å². The minimum absolute atomic E-state index is 0.198. The van der Waals surface area contributed by atoms with E-state index in [9.17, 15) is 0 Å². The summed E-state index contributed by atoms with van der Waals surface area (Å²) in [7, 11) is 0. The Bertz CT molecular complexity index is 421. The maximum atomic E-state index is 6.08. The molecule has 110 valence electrons. The standard InChI is InChI=1S/C18H27NO/c1-3-9-16-10-7-8-13-18(16)20-15(2)14-19-17-11-5-4-6-12-17/h3,7-10,13,15,17,19H,4-6,11-12,14H2,1-2H3. The van der Waals surface area contributed by atoms with Crippen molar-refractivity contribution in [3.8, 4) is 5.75 Å². The highest BCUT2D eigenvalue weighted by atomic mass is 16.5. The quantitative estimate of drug-likeness (QED) is 0.829. The molecule has 2 rings (SSSR count). The zero-order valence-electron chi connectivity index (χ0n) is 12.8. The van der Waals surface area contributed by atoms with E-state index in [1.165, 1.54) is 32.1 Å². The molecule has 1 saturated carbocycles. The zero-order valence-corrected chi connectivity index (χ0v) is 12.8. The third-order valence-electron chi connectivity index (χ3n) is 3.89. The van der Waals surface area contributed by atoms with Crippen molar-refractivity contribution in [3.63, 3.8) is 0 Å². The molecule has 20 heavy (non-hydrogen) atoms. The highest BCUT2D eigenvalue weighted by molar-refractivity contribution is 5.56. The molecular formula is C18H27NO. The summed E-state index contributed by atoms with van der Waals surface area (Å²) in [5.41, 5.74) is 1.15. The van der Waals surface area contributed by atoms with Crippen LogP contribution >= 0.6 is 0 Å². The normalized spacial score (nSPS) is 18.3. The Morgan fingerprint density at radius 3 is 2.75 bits per heavy atom. The van der Waals surface area contributed by atoms with Crippen LogP contribution in [0.4, 0.5) is 0 Å². The van der Waals surface area contributed by atoms with Gasteiger partial charge in [-0.3, -0.25) is 0 Å². The van der Waals surface area contributed by atoms with E-state index < -0.39 is 0 Å². The number of ether oxygens (including phenoxy) is 1. The van der Waals surface area contributed by atoms with E-state index in [4.69, 9.17) is 4.74 Å². The zero-order chi connectivity index (χ0) is 14.2. The minimum atomic E-state index is 0.198. The second kappa shape index (κ2) is 8.11. The monoisotopic (exact) mass is 273 g/mol. The summed E-state index contributed by atoms with van der Waals surface area (Å²) in [6.45, 7) is 5.10. The number of rotatable bonds is 6. The number of hydrogen-bond donors (Lipinski definition) is 1. The summed E-state index contributed by atoms with van der Waals surface area (Å²) in [6.07, 6.45) is 11.1. The number of benzene rings is 1. The summed E-state index contributed by atoms with van der Waals surface area (Å²) in [5, 5.41) is 3.65. The van der Waals surface area contributed by atoms with Crippen LogP contribution in [0.2, 0.25) is 0 Å². The van der Waals surface area contributed by atoms with Gasteiger partial charge >= 0.3 is 0 Å². The maximum Gasteiger partial charge on any atom is 0.126 e. The van der Waals surface area contributed by atoms with E-state index >= 15 is 0 Å². The highest BCUT2D eigenvalue weighted by Crippen LogP contribution is 2.21. The van der Waals surface area contributed by atoms with Gasteiger partial charge in [0.1, 0.15) is 11.9 Å². The first-order chi connectivity index (χ1) is 9.79. The van der Waals surface area contributed by atoms with Gasteiger partial charge in [0.05, 0.1) is 0 Å². The molecule has 1 aliphatic carbocycles. The molecule has 1 unspecified atom stereocenters. The third-order valence-corrected chi connectivity index (χ3v) is 3.89. The molecule has 1 aromatic rings. The van der Waals surface area contributed by atoms with E-state index in [0.717, 1.165) is 17.9 Å². The molecule has 0 heterocycles. The van der Waals surface area contributed by atoms with Crippen LogP contribution in [-0.2, 0) is 0 Å². The Morgan fingerprint density at radius 1 is 1.25 bits per heavy atom. The lowest BCUT2D eigenvalue weighted by atomic mass is 9.95. The molecule has 0 aromatic heterocycles. The molecule has 2 heteroatoms. The van der Waals surface area contributed by atoms with Gasteiger partial charge < -0.3 is 10.1 Å². The number of allylic oxidation sites excluding steroid dienone is 1. The van der Waals surface area contributed by atoms with E-state index in [2.05, 4.69) is 24.4 Å². The minimum Gasteiger partial charge on any atom is -0.489 e. The molecule has 1 N–H and O–H groups in total. The largest absolute Gasteiger partial charge is 0.489 e. The molecule has 0 spiro atoms. The van der Waals surface area contributed by atoms with Gasteiger partial charge in [-0.1, -0.05) is 49.6 Å². The molecule has 1 atom stereocenters. The van der Waals surface area contributed by atoms with Crippen LogP contribution < -0.4 is 10.1 Å². The number of hydrogen-bond acceptors (Lipinski definition) is 2. The molecule has 0 amide bonds. The average molecular weight is 273 g/mol. The maximum absolute atomic E-state index is 6.08. The second-order valence-corrected chi connectivity index (χ2v) is 5.71. The Hall–Kier alpha value is -1.28. The van der Waals surface area contributed by atoms with Gasteiger partial charge in [0, 0.05) is 18.2 Å². The third kappa shape index (κ3) is 4.68. The SMILES string of the molecule is CC=Cc1ccccc1OC(C)CNC1CCCCC1. The molecule has 1 aliphatic rings. The van der Waals surface area contributed by atoms with Crippen LogP contribution in [0.5, 0.6) is 5.75 Å². The van der Waals surface area contributed by atoms with Gasteiger partial charge in [-0.15, -0.1) is 0 Å². The fraction of sp³-hybridized carbons (Fsp3) is 0.556. The lowest BCUT2D eigenvalue weighted by molar-refractivity contribution is 0.205. The molecule has 2 nitrogen and oxygen atoms in total. The van der Waals surface area contributed by atoms with Gasteiger partial charge in [0.15, 0.2) is 0 Å². The molecule has 0 radical (unpaired) electrons. The van der Waals surface area contributed by atoms with Gasteiger partial charge in [-0.05, 0) is 32.8 Å². The van der Waals surface area contributed by atoms with Crippen LogP contribution in [0.1, 0.15) is 51.5 Å². The Balaban J connectivity index is 1.83. The molecule has 0 bridgehead atoms. The first-order valence-electron chi connectivity index (χ1n) is 7.91. The van der Waals surface area contributed by atoms with Crippen LogP contribution in [0.25, 0.3) is 6.08 Å². The molecule has 1 fully saturated rings. The smallest absolute Gasteiger partial charge is 0.126 e. The Morgan fingerprint density at radius 2 is 2.00 bits per heavy atom. The van der Waals surface area contributed by atoms with Crippen LogP contribution in [0, 0.1) is 0 Å². The predicted molar refractivity (Wildman–Crippen MR) is 86.1 cm³/mol. The first kappa shape index (κ1) is 15.1.